The molecular weight excluding hydrogens is 374 g/mol. The Morgan fingerprint density at radius 1 is 1.25 bits per heavy atom. The maximum absolute atomic E-state index is 12.9. The van der Waals surface area contributed by atoms with Crippen LogP contribution in [-0.4, -0.2) is 33.9 Å². The molecule has 1 saturated heterocycles. The van der Waals surface area contributed by atoms with Gasteiger partial charge in [-0.05, 0) is 49.1 Å². The summed E-state index contributed by atoms with van der Waals surface area (Å²) < 4.78 is 6.02. The van der Waals surface area contributed by atoms with E-state index in [1.165, 1.54) is 0 Å². The molecule has 1 fully saturated rings. The summed E-state index contributed by atoms with van der Waals surface area (Å²) in [5.41, 5.74) is 2.55. The van der Waals surface area contributed by atoms with Gasteiger partial charge < -0.3 is 9.32 Å². The van der Waals surface area contributed by atoms with Crippen LogP contribution in [0.5, 0.6) is 0 Å². The van der Waals surface area contributed by atoms with E-state index < -0.39 is 0 Å². The highest BCUT2D eigenvalue weighted by Crippen LogP contribution is 2.28. The van der Waals surface area contributed by atoms with Crippen molar-refractivity contribution in [2.45, 2.75) is 32.1 Å². The molecule has 1 atom stereocenters. The Bertz CT molecular complexity index is 968. The third kappa shape index (κ3) is 4.09. The Balaban J connectivity index is 1.45. The van der Waals surface area contributed by atoms with E-state index in [-0.39, 0.29) is 11.8 Å². The second kappa shape index (κ2) is 8.15. The summed E-state index contributed by atoms with van der Waals surface area (Å²) in [4.78, 5) is 23.5. The first-order valence-corrected chi connectivity index (χ1v) is 9.88. The summed E-state index contributed by atoms with van der Waals surface area (Å²) in [7, 11) is 0. The van der Waals surface area contributed by atoms with Crippen molar-refractivity contribution in [3.63, 3.8) is 0 Å². The Kier molecular flexibility index (Phi) is 5.44. The summed E-state index contributed by atoms with van der Waals surface area (Å²) >= 11 is 5.94. The van der Waals surface area contributed by atoms with Crippen molar-refractivity contribution < 1.29 is 9.21 Å². The fraction of sp³-hybridized carbons (Fsp3) is 0.318. The monoisotopic (exact) mass is 395 g/mol. The molecule has 0 saturated carbocycles. The van der Waals surface area contributed by atoms with Crippen molar-refractivity contribution in [2.24, 2.45) is 0 Å². The van der Waals surface area contributed by atoms with E-state index in [1.54, 1.807) is 12.4 Å². The average Bonchev–Trinajstić information content (AvgIpc) is 3.18. The van der Waals surface area contributed by atoms with Gasteiger partial charge in [-0.25, -0.2) is 4.98 Å². The summed E-state index contributed by atoms with van der Waals surface area (Å²) in [5, 5.41) is 0.720. The first-order valence-electron chi connectivity index (χ1n) is 9.50. The maximum Gasteiger partial charge on any atom is 0.272 e. The molecule has 1 aliphatic heterocycles. The first kappa shape index (κ1) is 18.7. The fourth-order valence-corrected chi connectivity index (χ4v) is 3.75. The number of nitrogens with zero attached hydrogens (tertiary/aromatic N) is 3. The van der Waals surface area contributed by atoms with Crippen molar-refractivity contribution >= 4 is 17.5 Å². The molecule has 0 N–H and O–H groups in total. The van der Waals surface area contributed by atoms with E-state index in [0.717, 1.165) is 41.3 Å². The van der Waals surface area contributed by atoms with Crippen LogP contribution < -0.4 is 0 Å². The largest absolute Gasteiger partial charge is 0.445 e. The van der Waals surface area contributed by atoms with Gasteiger partial charge in [0.15, 0.2) is 5.89 Å². The number of likely N-dealkylation sites (tertiary alicyclic amines) is 1. The van der Waals surface area contributed by atoms with Gasteiger partial charge in [0.05, 0.1) is 12.1 Å². The van der Waals surface area contributed by atoms with Crippen molar-refractivity contribution in [1.82, 2.24) is 14.9 Å². The Hall–Kier alpha value is -2.66. The number of oxazole rings is 1. The zero-order valence-corrected chi connectivity index (χ0v) is 16.5. The van der Waals surface area contributed by atoms with E-state index in [4.69, 9.17) is 16.0 Å². The van der Waals surface area contributed by atoms with Gasteiger partial charge in [0.1, 0.15) is 11.5 Å². The first-order chi connectivity index (χ1) is 13.6. The maximum atomic E-state index is 12.9. The van der Waals surface area contributed by atoms with Crippen LogP contribution >= 0.6 is 11.6 Å². The van der Waals surface area contributed by atoms with Gasteiger partial charge in [0, 0.05) is 30.7 Å². The van der Waals surface area contributed by atoms with Crippen LogP contribution in [0.4, 0.5) is 0 Å². The van der Waals surface area contributed by atoms with Gasteiger partial charge >= 0.3 is 0 Å². The van der Waals surface area contributed by atoms with Crippen molar-refractivity contribution in [3.05, 3.63) is 82.3 Å². The normalized spacial score (nSPS) is 16.9. The van der Waals surface area contributed by atoms with Crippen LogP contribution in [0.25, 0.3) is 0 Å². The van der Waals surface area contributed by atoms with Gasteiger partial charge in [-0.2, -0.15) is 0 Å². The standard InChI is InChI=1S/C22H22ClN3O2/c1-15-4-2-10-24-20(15)22(27)26-11-3-5-17(14-26)21-25-13-19(28-21)12-16-6-8-18(23)9-7-16/h2,4,6-10,13,17H,3,5,11-12,14H2,1H3. The molecule has 1 unspecified atom stereocenters. The van der Waals surface area contributed by atoms with E-state index in [9.17, 15) is 4.79 Å². The van der Waals surface area contributed by atoms with Crippen LogP contribution in [0.3, 0.4) is 0 Å². The van der Waals surface area contributed by atoms with Crippen molar-refractivity contribution in [3.8, 4) is 0 Å². The zero-order valence-electron chi connectivity index (χ0n) is 15.8. The lowest BCUT2D eigenvalue weighted by Crippen LogP contribution is -2.39. The van der Waals surface area contributed by atoms with E-state index in [2.05, 4.69) is 9.97 Å². The molecule has 0 aliphatic carbocycles. The molecule has 28 heavy (non-hydrogen) atoms. The number of aryl methyl sites for hydroxylation is 1. The SMILES string of the molecule is Cc1cccnc1C(=O)N1CCCC(c2ncc(Cc3ccc(Cl)cc3)o2)C1. The second-order valence-electron chi connectivity index (χ2n) is 7.23. The molecule has 3 heterocycles. The van der Waals surface area contributed by atoms with Crippen molar-refractivity contribution in [1.29, 1.82) is 0 Å². The quantitative estimate of drug-likeness (QED) is 0.645. The van der Waals surface area contributed by atoms with Gasteiger partial charge in [-0.1, -0.05) is 29.8 Å². The van der Waals surface area contributed by atoms with Crippen molar-refractivity contribution in [2.75, 3.05) is 13.1 Å². The number of piperidine rings is 1. The third-order valence-corrected chi connectivity index (χ3v) is 5.38. The summed E-state index contributed by atoms with van der Waals surface area (Å²) in [6.07, 6.45) is 6.02. The molecule has 1 aliphatic rings. The summed E-state index contributed by atoms with van der Waals surface area (Å²) in [6.45, 7) is 3.26. The van der Waals surface area contributed by atoms with Crippen LogP contribution in [0.2, 0.25) is 5.02 Å². The number of benzene rings is 1. The fourth-order valence-electron chi connectivity index (χ4n) is 3.62. The van der Waals surface area contributed by atoms with E-state index in [1.807, 2.05) is 48.2 Å². The van der Waals surface area contributed by atoms with Gasteiger partial charge in [0.2, 0.25) is 0 Å². The lowest BCUT2D eigenvalue weighted by molar-refractivity contribution is 0.0691. The molecular formula is C22H22ClN3O2. The minimum atomic E-state index is -0.0178. The molecule has 3 aromatic rings. The molecule has 2 aromatic heterocycles. The lowest BCUT2D eigenvalue weighted by atomic mass is 9.97. The number of halogens is 1. The predicted octanol–water partition coefficient (Wildman–Crippen LogP) is 4.64. The third-order valence-electron chi connectivity index (χ3n) is 5.13. The minimum absolute atomic E-state index is 0.0178. The number of carbonyl (C=O) groups excluding carboxylic acids is 1. The molecule has 5 nitrogen and oxygen atoms in total. The molecule has 6 heteroatoms. The summed E-state index contributed by atoms with van der Waals surface area (Å²) in [6, 6.07) is 11.5. The average molecular weight is 396 g/mol. The Morgan fingerprint density at radius 3 is 2.86 bits per heavy atom. The molecule has 0 spiro atoms. The minimum Gasteiger partial charge on any atom is -0.445 e. The van der Waals surface area contributed by atoms with Gasteiger partial charge in [0.25, 0.3) is 5.91 Å². The molecule has 1 aromatic carbocycles. The van der Waals surface area contributed by atoms with E-state index in [0.29, 0.717) is 24.6 Å². The zero-order chi connectivity index (χ0) is 19.5. The Morgan fingerprint density at radius 2 is 2.07 bits per heavy atom. The molecule has 1 amide bonds. The number of rotatable bonds is 4. The highest BCUT2D eigenvalue weighted by Gasteiger charge is 2.29. The van der Waals surface area contributed by atoms with Gasteiger partial charge in [-0.3, -0.25) is 9.78 Å². The molecule has 0 radical (unpaired) electrons. The lowest BCUT2D eigenvalue weighted by Gasteiger charge is -2.31. The van der Waals surface area contributed by atoms with Crippen LogP contribution in [0, 0.1) is 6.92 Å². The summed E-state index contributed by atoms with van der Waals surface area (Å²) in [5.74, 6) is 1.62. The van der Waals surface area contributed by atoms with Gasteiger partial charge in [-0.15, -0.1) is 0 Å². The Labute approximate surface area is 169 Å². The number of hydrogen-bond acceptors (Lipinski definition) is 4. The number of hydrogen-bond donors (Lipinski definition) is 0. The number of carbonyl (C=O) groups is 1. The van der Waals surface area contributed by atoms with Crippen LogP contribution in [0.1, 0.15) is 52.0 Å². The molecule has 0 bridgehead atoms. The smallest absolute Gasteiger partial charge is 0.272 e. The molecule has 144 valence electrons. The highest BCUT2D eigenvalue weighted by atomic mass is 35.5. The van der Waals surface area contributed by atoms with Crippen LogP contribution in [0.15, 0.2) is 53.2 Å². The second-order valence-corrected chi connectivity index (χ2v) is 7.66. The van der Waals surface area contributed by atoms with E-state index >= 15 is 0 Å². The number of aromatic nitrogens is 2. The molecule has 4 rings (SSSR count). The van der Waals surface area contributed by atoms with Crippen LogP contribution in [-0.2, 0) is 6.42 Å². The predicted molar refractivity (Wildman–Crippen MR) is 108 cm³/mol. The number of pyridine rings is 1. The topological polar surface area (TPSA) is 59.2 Å². The highest BCUT2D eigenvalue weighted by molar-refractivity contribution is 6.30. The number of amides is 1.